The van der Waals surface area contributed by atoms with Gasteiger partial charge in [-0.25, -0.2) is 4.98 Å². The third-order valence-electron chi connectivity index (χ3n) is 3.32. The monoisotopic (exact) mass is 401 g/mol. The summed E-state index contributed by atoms with van der Waals surface area (Å²) in [7, 11) is 0. The summed E-state index contributed by atoms with van der Waals surface area (Å²) < 4.78 is 5.29. The number of nitrogens with zero attached hydrogens (tertiary/aromatic N) is 4. The topological polar surface area (TPSA) is 80.5 Å². The van der Waals surface area contributed by atoms with Crippen molar-refractivity contribution in [2.75, 3.05) is 0 Å². The molecular formula is C17H12ClN5OS2. The number of thiophene rings is 1. The fourth-order valence-corrected chi connectivity index (χ4v) is 3.49. The predicted molar refractivity (Wildman–Crippen MR) is 104 cm³/mol. The van der Waals surface area contributed by atoms with Crippen LogP contribution in [0, 0.1) is 0 Å². The second-order valence-electron chi connectivity index (χ2n) is 5.16. The summed E-state index contributed by atoms with van der Waals surface area (Å²) in [6.45, 7) is 0. The van der Waals surface area contributed by atoms with Crippen LogP contribution in [0.5, 0.6) is 0 Å². The lowest BCUT2D eigenvalue weighted by Gasteiger charge is -1.93. The van der Waals surface area contributed by atoms with Crippen molar-refractivity contribution in [1.82, 2.24) is 25.3 Å². The first-order valence-corrected chi connectivity index (χ1v) is 9.86. The molecule has 0 fully saturated rings. The fourth-order valence-electron chi connectivity index (χ4n) is 2.10. The molecule has 26 heavy (non-hydrogen) atoms. The number of aromatic nitrogens is 5. The SMILES string of the molecule is Clc1ccc(-c2nc(CSc3n[nH]c(/C=C\c4cccs4)n3)no2)cc1. The average molecular weight is 402 g/mol. The summed E-state index contributed by atoms with van der Waals surface area (Å²) >= 11 is 8.99. The molecule has 0 amide bonds. The van der Waals surface area contributed by atoms with Gasteiger partial charge in [0.2, 0.25) is 5.16 Å². The Kier molecular flexibility index (Phi) is 5.14. The number of H-pyrrole nitrogens is 1. The van der Waals surface area contributed by atoms with Crippen LogP contribution in [0.4, 0.5) is 0 Å². The minimum absolute atomic E-state index is 0.465. The molecule has 0 spiro atoms. The summed E-state index contributed by atoms with van der Waals surface area (Å²) in [6.07, 6.45) is 3.90. The molecule has 4 aromatic rings. The van der Waals surface area contributed by atoms with Crippen molar-refractivity contribution in [3.8, 4) is 11.5 Å². The molecule has 0 aliphatic heterocycles. The van der Waals surface area contributed by atoms with Crippen LogP contribution in [0.15, 0.2) is 51.5 Å². The number of halogens is 1. The molecule has 0 unspecified atom stereocenters. The minimum Gasteiger partial charge on any atom is -0.334 e. The third-order valence-corrected chi connectivity index (χ3v) is 5.25. The Morgan fingerprint density at radius 3 is 2.85 bits per heavy atom. The zero-order chi connectivity index (χ0) is 17.8. The van der Waals surface area contributed by atoms with E-state index in [9.17, 15) is 0 Å². The highest BCUT2D eigenvalue weighted by Crippen LogP contribution is 2.23. The van der Waals surface area contributed by atoms with Gasteiger partial charge in [0, 0.05) is 15.5 Å². The van der Waals surface area contributed by atoms with Crippen LogP contribution in [0.25, 0.3) is 23.6 Å². The molecule has 3 heterocycles. The van der Waals surface area contributed by atoms with E-state index < -0.39 is 0 Å². The molecule has 6 nitrogen and oxygen atoms in total. The number of rotatable bonds is 6. The Bertz CT molecular complexity index is 1010. The fraction of sp³-hybridized carbons (Fsp3) is 0.0588. The van der Waals surface area contributed by atoms with E-state index in [0.29, 0.717) is 33.5 Å². The van der Waals surface area contributed by atoms with Gasteiger partial charge in [-0.2, -0.15) is 4.98 Å². The molecule has 3 aromatic heterocycles. The molecule has 0 saturated carbocycles. The van der Waals surface area contributed by atoms with Gasteiger partial charge in [-0.1, -0.05) is 34.6 Å². The summed E-state index contributed by atoms with van der Waals surface area (Å²) in [5.41, 5.74) is 0.831. The molecule has 4 rings (SSSR count). The van der Waals surface area contributed by atoms with Crippen LogP contribution in [0.3, 0.4) is 0 Å². The van der Waals surface area contributed by atoms with Crippen LogP contribution in [0.1, 0.15) is 16.5 Å². The van der Waals surface area contributed by atoms with Crippen molar-refractivity contribution in [2.24, 2.45) is 0 Å². The molecule has 0 atom stereocenters. The molecule has 1 N–H and O–H groups in total. The van der Waals surface area contributed by atoms with Gasteiger partial charge < -0.3 is 4.52 Å². The van der Waals surface area contributed by atoms with Crippen LogP contribution in [-0.2, 0) is 5.75 Å². The highest BCUT2D eigenvalue weighted by molar-refractivity contribution is 7.98. The highest BCUT2D eigenvalue weighted by Gasteiger charge is 2.10. The van der Waals surface area contributed by atoms with Gasteiger partial charge in [0.25, 0.3) is 5.89 Å². The molecule has 0 saturated heterocycles. The summed E-state index contributed by atoms with van der Waals surface area (Å²) in [5.74, 6) is 2.27. The van der Waals surface area contributed by atoms with Crippen molar-refractivity contribution < 1.29 is 4.52 Å². The van der Waals surface area contributed by atoms with E-state index in [-0.39, 0.29) is 0 Å². The molecule has 1 aromatic carbocycles. The van der Waals surface area contributed by atoms with Gasteiger partial charge in [-0.05, 0) is 47.9 Å². The first kappa shape index (κ1) is 17.0. The quantitative estimate of drug-likeness (QED) is 0.456. The Morgan fingerprint density at radius 1 is 1.15 bits per heavy atom. The van der Waals surface area contributed by atoms with E-state index >= 15 is 0 Å². The zero-order valence-electron chi connectivity index (χ0n) is 13.3. The Hall–Kier alpha value is -2.42. The number of hydrogen-bond donors (Lipinski definition) is 1. The van der Waals surface area contributed by atoms with Crippen molar-refractivity contribution in [2.45, 2.75) is 10.9 Å². The largest absolute Gasteiger partial charge is 0.334 e. The number of nitrogens with one attached hydrogen (secondary N) is 1. The first-order valence-electron chi connectivity index (χ1n) is 7.61. The summed E-state index contributed by atoms with van der Waals surface area (Å²) in [4.78, 5) is 9.96. The van der Waals surface area contributed by atoms with Gasteiger partial charge in [0.05, 0.1) is 5.75 Å². The third kappa shape index (κ3) is 4.21. The van der Waals surface area contributed by atoms with Crippen LogP contribution in [-0.4, -0.2) is 25.3 Å². The Labute approximate surface area is 162 Å². The second kappa shape index (κ2) is 7.86. The van der Waals surface area contributed by atoms with Gasteiger partial charge in [0.15, 0.2) is 5.82 Å². The zero-order valence-corrected chi connectivity index (χ0v) is 15.7. The Balaban J connectivity index is 1.37. The van der Waals surface area contributed by atoms with E-state index in [2.05, 4.69) is 25.3 Å². The summed E-state index contributed by atoms with van der Waals surface area (Å²) in [6, 6.07) is 11.3. The molecule has 0 aliphatic carbocycles. The molecule has 9 heteroatoms. The average Bonchev–Trinajstić information content (AvgIpc) is 3.40. The normalized spacial score (nSPS) is 11.4. The maximum absolute atomic E-state index is 5.88. The van der Waals surface area contributed by atoms with E-state index in [1.807, 2.05) is 41.8 Å². The number of hydrogen-bond acceptors (Lipinski definition) is 7. The van der Waals surface area contributed by atoms with Crippen molar-refractivity contribution in [1.29, 1.82) is 0 Å². The lowest BCUT2D eigenvalue weighted by molar-refractivity contribution is 0.425. The van der Waals surface area contributed by atoms with Crippen LogP contribution >= 0.6 is 34.7 Å². The number of thioether (sulfide) groups is 1. The lowest BCUT2D eigenvalue weighted by atomic mass is 10.2. The maximum atomic E-state index is 5.88. The van der Waals surface area contributed by atoms with E-state index in [1.165, 1.54) is 11.8 Å². The minimum atomic E-state index is 0.465. The van der Waals surface area contributed by atoms with Crippen molar-refractivity contribution in [3.05, 3.63) is 63.3 Å². The van der Waals surface area contributed by atoms with Crippen molar-refractivity contribution in [3.63, 3.8) is 0 Å². The number of aromatic amines is 1. The Morgan fingerprint density at radius 2 is 2.04 bits per heavy atom. The molecular weight excluding hydrogens is 390 g/mol. The van der Waals surface area contributed by atoms with Gasteiger partial charge in [-0.15, -0.1) is 16.4 Å². The molecule has 0 aliphatic rings. The van der Waals surface area contributed by atoms with Gasteiger partial charge >= 0.3 is 0 Å². The molecule has 130 valence electrons. The van der Waals surface area contributed by atoms with E-state index in [4.69, 9.17) is 16.1 Å². The molecule has 0 radical (unpaired) electrons. The molecule has 0 bridgehead atoms. The van der Waals surface area contributed by atoms with Gasteiger partial charge in [-0.3, -0.25) is 5.10 Å². The maximum Gasteiger partial charge on any atom is 0.257 e. The predicted octanol–water partition coefficient (Wildman–Crippen LogP) is 5.03. The van der Waals surface area contributed by atoms with Crippen molar-refractivity contribution >= 4 is 46.9 Å². The van der Waals surface area contributed by atoms with E-state index in [1.54, 1.807) is 23.5 Å². The van der Waals surface area contributed by atoms with Crippen LogP contribution in [0.2, 0.25) is 5.02 Å². The van der Waals surface area contributed by atoms with Crippen LogP contribution < -0.4 is 0 Å². The second-order valence-corrected chi connectivity index (χ2v) is 7.52. The highest BCUT2D eigenvalue weighted by atomic mass is 35.5. The first-order chi connectivity index (χ1) is 12.8. The number of benzene rings is 1. The van der Waals surface area contributed by atoms with E-state index in [0.717, 1.165) is 10.4 Å². The standard InChI is InChI=1S/C17H12ClN5OS2/c18-12-5-3-11(4-6-12)16-19-15(23-24-16)10-26-17-20-14(21-22-17)8-7-13-2-1-9-25-13/h1-9H,10H2,(H,20,21,22)/b8-7-. The lowest BCUT2D eigenvalue weighted by Crippen LogP contribution is -1.85. The van der Waals surface area contributed by atoms with Gasteiger partial charge in [0.1, 0.15) is 5.82 Å². The smallest absolute Gasteiger partial charge is 0.257 e. The summed E-state index contributed by atoms with van der Waals surface area (Å²) in [5, 5.41) is 14.4.